The van der Waals surface area contributed by atoms with Gasteiger partial charge in [0.1, 0.15) is 18.1 Å². The Labute approximate surface area is 215 Å². The van der Waals surface area contributed by atoms with Gasteiger partial charge in [0, 0.05) is 29.4 Å². The van der Waals surface area contributed by atoms with Crippen molar-refractivity contribution in [1.82, 2.24) is 20.5 Å². The number of nitrogens with two attached hydrogens (primary N) is 1. The average Bonchev–Trinajstić information content (AvgIpc) is 3.48. The Balaban J connectivity index is 1.67. The Bertz CT molecular complexity index is 1100. The Morgan fingerprint density at radius 3 is 2.58 bits per heavy atom. The zero-order valence-electron chi connectivity index (χ0n) is 20.6. The minimum atomic E-state index is -1.20. The molecule has 2 heterocycles. The molecule has 4 unspecified atom stereocenters. The van der Waals surface area contributed by atoms with E-state index in [-0.39, 0.29) is 17.6 Å². The smallest absolute Gasteiger partial charge is 0.327 e. The van der Waals surface area contributed by atoms with Crippen LogP contribution in [0.3, 0.4) is 0 Å². The number of carboxylic acids is 1. The molecule has 1 aliphatic heterocycles. The summed E-state index contributed by atoms with van der Waals surface area (Å²) in [5, 5.41) is 15.4. The van der Waals surface area contributed by atoms with Gasteiger partial charge in [0.05, 0.1) is 6.04 Å². The standard InChI is InChI=1S/C25H35N5O5S/c1-14(2)10-19(22(31)29-20(13-36)25(34)35)28-23(32)21-8-5-9-30(21)24(33)17(26)11-15-12-27-18-7-4-3-6-16(15)18/h3-4,6-7,12,14,17,19-21,27,36H,5,8-11,13,26H2,1-2H3,(H,28,32)(H,29,31)(H,34,35). The fourth-order valence-corrected chi connectivity index (χ4v) is 4.82. The van der Waals surface area contributed by atoms with Crippen LogP contribution >= 0.6 is 12.6 Å². The van der Waals surface area contributed by atoms with Crippen molar-refractivity contribution in [3.05, 3.63) is 36.0 Å². The van der Waals surface area contributed by atoms with Crippen molar-refractivity contribution in [3.8, 4) is 0 Å². The number of fused-ring (bicyclic) bond motifs is 1. The molecule has 0 spiro atoms. The van der Waals surface area contributed by atoms with E-state index >= 15 is 0 Å². The number of aliphatic carboxylic acids is 1. The molecule has 1 aliphatic rings. The normalized spacial score (nSPS) is 18.1. The van der Waals surface area contributed by atoms with Crippen LogP contribution in [0, 0.1) is 5.92 Å². The molecule has 2 aromatic rings. The highest BCUT2D eigenvalue weighted by Gasteiger charge is 2.38. The van der Waals surface area contributed by atoms with Crippen molar-refractivity contribution < 1.29 is 24.3 Å². The molecular formula is C25H35N5O5S. The number of hydrogen-bond donors (Lipinski definition) is 6. The lowest BCUT2D eigenvalue weighted by molar-refractivity contribution is -0.142. The van der Waals surface area contributed by atoms with Crippen LogP contribution in [0.4, 0.5) is 0 Å². The molecule has 36 heavy (non-hydrogen) atoms. The summed E-state index contributed by atoms with van der Waals surface area (Å²) in [5.74, 6) is -2.58. The molecule has 3 amide bonds. The van der Waals surface area contributed by atoms with Crippen LogP contribution in [0.15, 0.2) is 30.5 Å². The Hall–Kier alpha value is -3.05. The van der Waals surface area contributed by atoms with Gasteiger partial charge in [-0.3, -0.25) is 14.4 Å². The maximum absolute atomic E-state index is 13.2. The summed E-state index contributed by atoms with van der Waals surface area (Å²) in [5.41, 5.74) is 8.18. The number of nitrogens with one attached hydrogen (secondary N) is 3. The second-order valence-corrected chi connectivity index (χ2v) is 10.00. The first-order valence-corrected chi connectivity index (χ1v) is 12.8. The van der Waals surface area contributed by atoms with Crippen molar-refractivity contribution in [1.29, 1.82) is 0 Å². The van der Waals surface area contributed by atoms with E-state index in [0.717, 1.165) is 16.5 Å². The SMILES string of the molecule is CC(C)CC(NC(=O)C1CCCN1C(=O)C(N)Cc1c[nH]c2ccccc12)C(=O)NC(CS)C(=O)O. The van der Waals surface area contributed by atoms with Gasteiger partial charge >= 0.3 is 5.97 Å². The number of carboxylic acid groups (broad SMARTS) is 1. The highest BCUT2D eigenvalue weighted by molar-refractivity contribution is 7.80. The minimum absolute atomic E-state index is 0.0613. The Morgan fingerprint density at radius 2 is 1.92 bits per heavy atom. The van der Waals surface area contributed by atoms with Gasteiger partial charge < -0.3 is 31.4 Å². The molecule has 196 valence electrons. The molecule has 1 aromatic heterocycles. The topological polar surface area (TPSA) is 158 Å². The molecule has 6 N–H and O–H groups in total. The van der Waals surface area contributed by atoms with Gasteiger partial charge in [-0.05, 0) is 43.2 Å². The number of amides is 3. The predicted molar refractivity (Wildman–Crippen MR) is 140 cm³/mol. The van der Waals surface area contributed by atoms with E-state index in [0.29, 0.717) is 32.2 Å². The number of hydrogen-bond acceptors (Lipinski definition) is 6. The van der Waals surface area contributed by atoms with Gasteiger partial charge in [-0.1, -0.05) is 32.0 Å². The van der Waals surface area contributed by atoms with Gasteiger partial charge in [0.25, 0.3) is 0 Å². The number of likely N-dealkylation sites (tertiary alicyclic amines) is 1. The fraction of sp³-hybridized carbons (Fsp3) is 0.520. The molecular weight excluding hydrogens is 482 g/mol. The summed E-state index contributed by atoms with van der Waals surface area (Å²) in [6.07, 6.45) is 3.59. The Kier molecular flexibility index (Phi) is 9.38. The summed E-state index contributed by atoms with van der Waals surface area (Å²) in [7, 11) is 0. The second kappa shape index (κ2) is 12.3. The first kappa shape index (κ1) is 27.5. The van der Waals surface area contributed by atoms with Gasteiger partial charge in [0.15, 0.2) is 0 Å². The van der Waals surface area contributed by atoms with Crippen molar-refractivity contribution in [3.63, 3.8) is 0 Å². The molecule has 4 atom stereocenters. The van der Waals surface area contributed by atoms with E-state index < -0.39 is 42.0 Å². The maximum Gasteiger partial charge on any atom is 0.327 e. The lowest BCUT2D eigenvalue weighted by Gasteiger charge is -2.29. The van der Waals surface area contributed by atoms with Crippen molar-refractivity contribution in [2.45, 2.75) is 63.7 Å². The molecule has 0 saturated carbocycles. The zero-order chi connectivity index (χ0) is 26.4. The van der Waals surface area contributed by atoms with E-state index in [1.807, 2.05) is 44.3 Å². The number of carbonyl (C=O) groups is 4. The fourth-order valence-electron chi connectivity index (χ4n) is 4.57. The van der Waals surface area contributed by atoms with E-state index in [1.54, 1.807) is 0 Å². The van der Waals surface area contributed by atoms with Crippen LogP contribution in [0.25, 0.3) is 10.9 Å². The van der Waals surface area contributed by atoms with Crippen LogP contribution in [-0.4, -0.2) is 75.1 Å². The van der Waals surface area contributed by atoms with E-state index in [1.165, 1.54) is 4.90 Å². The Morgan fingerprint density at radius 1 is 1.19 bits per heavy atom. The highest BCUT2D eigenvalue weighted by atomic mass is 32.1. The second-order valence-electron chi connectivity index (χ2n) is 9.63. The van der Waals surface area contributed by atoms with E-state index in [4.69, 9.17) is 5.73 Å². The lowest BCUT2D eigenvalue weighted by atomic mass is 10.0. The number of aromatic nitrogens is 1. The maximum atomic E-state index is 13.2. The number of thiol groups is 1. The molecule has 1 saturated heterocycles. The van der Waals surface area contributed by atoms with Crippen molar-refractivity contribution >= 4 is 47.2 Å². The monoisotopic (exact) mass is 517 g/mol. The molecule has 3 rings (SSSR count). The molecule has 0 bridgehead atoms. The lowest BCUT2D eigenvalue weighted by Crippen LogP contribution is -2.57. The largest absolute Gasteiger partial charge is 0.480 e. The van der Waals surface area contributed by atoms with Crippen LogP contribution < -0.4 is 16.4 Å². The molecule has 1 fully saturated rings. The van der Waals surface area contributed by atoms with Crippen LogP contribution in [0.2, 0.25) is 0 Å². The number of aromatic amines is 1. The number of carbonyl (C=O) groups excluding carboxylic acids is 3. The van der Waals surface area contributed by atoms with Crippen LogP contribution in [0.5, 0.6) is 0 Å². The van der Waals surface area contributed by atoms with Crippen LogP contribution in [0.1, 0.15) is 38.7 Å². The minimum Gasteiger partial charge on any atom is -0.480 e. The van der Waals surface area contributed by atoms with Gasteiger partial charge in [-0.2, -0.15) is 12.6 Å². The average molecular weight is 518 g/mol. The summed E-state index contributed by atoms with van der Waals surface area (Å²) in [6.45, 7) is 4.20. The number of para-hydroxylation sites is 1. The van der Waals surface area contributed by atoms with Gasteiger partial charge in [-0.15, -0.1) is 0 Å². The summed E-state index contributed by atoms with van der Waals surface area (Å²) in [6, 6.07) is 4.10. The molecule has 1 aromatic carbocycles. The third kappa shape index (κ3) is 6.58. The zero-order valence-corrected chi connectivity index (χ0v) is 21.5. The summed E-state index contributed by atoms with van der Waals surface area (Å²) in [4.78, 5) is 55.2. The number of H-pyrrole nitrogens is 1. The number of rotatable bonds is 11. The highest BCUT2D eigenvalue weighted by Crippen LogP contribution is 2.22. The van der Waals surface area contributed by atoms with Gasteiger partial charge in [0.2, 0.25) is 17.7 Å². The third-order valence-electron chi connectivity index (χ3n) is 6.41. The molecule has 10 nitrogen and oxygen atoms in total. The predicted octanol–water partition coefficient (Wildman–Crippen LogP) is 1.06. The number of benzene rings is 1. The molecule has 0 aliphatic carbocycles. The third-order valence-corrected chi connectivity index (χ3v) is 6.77. The first-order valence-electron chi connectivity index (χ1n) is 12.2. The van der Waals surface area contributed by atoms with Crippen LogP contribution in [-0.2, 0) is 25.6 Å². The first-order chi connectivity index (χ1) is 17.1. The summed E-state index contributed by atoms with van der Waals surface area (Å²) < 4.78 is 0. The van der Waals surface area contributed by atoms with Crippen molar-refractivity contribution in [2.24, 2.45) is 11.7 Å². The number of nitrogens with zero attached hydrogens (tertiary/aromatic N) is 1. The van der Waals surface area contributed by atoms with Gasteiger partial charge in [-0.25, -0.2) is 4.79 Å². The molecule has 11 heteroatoms. The summed E-state index contributed by atoms with van der Waals surface area (Å²) >= 11 is 3.97. The van der Waals surface area contributed by atoms with Crippen molar-refractivity contribution in [2.75, 3.05) is 12.3 Å². The van der Waals surface area contributed by atoms with E-state index in [2.05, 4.69) is 28.2 Å². The quantitative estimate of drug-likeness (QED) is 0.245. The van der Waals surface area contributed by atoms with E-state index in [9.17, 15) is 24.3 Å². The molecule has 0 radical (unpaired) electrons.